The number of pyridine rings is 4. The molecule has 1 aliphatic carbocycles. The monoisotopic (exact) mass is 1490 g/mol. The van der Waals surface area contributed by atoms with Crippen LogP contribution in [-0.4, -0.2) is 32.3 Å². The maximum absolute atomic E-state index is 2.52. The molecule has 4 heterocycles. The van der Waals surface area contributed by atoms with Crippen LogP contribution < -0.4 is 39.0 Å². The molecule has 0 amide bonds. The molecule has 1 aliphatic rings. The Morgan fingerprint density at radius 3 is 1.05 bits per heavy atom. The van der Waals surface area contributed by atoms with Crippen LogP contribution >= 0.6 is 0 Å². The highest BCUT2D eigenvalue weighted by atomic mass is 28.3. The SMILES string of the molecule is Cc1cc(C(C)(C)C)ccc1-c1cc(CC(C)(C)C)c([Si](C)(C)C)c[n+]1C.Cc1cc(C(C)C)ccc1-c1cc(CC(C)(C)C)c([Si](C)(C)C)c[n+]1C.Cc1cc(CC(C)C)ccc1-c1cc(CC(C)(C)C)c([Si](C)(C)C)c[n+]1C.Cc1ccc(C)c(-c2cc(CC3CCCC3)c([Si](C)(C)C)c[n+]2C)c1. The van der Waals surface area contributed by atoms with Crippen LogP contribution in [0.2, 0.25) is 78.6 Å². The summed E-state index contributed by atoms with van der Waals surface area (Å²) in [5.41, 5.74) is 29.2. The molecule has 8 aromatic rings. The maximum atomic E-state index is 2.52. The second kappa shape index (κ2) is 34.5. The molecule has 0 N–H and O–H groups in total. The summed E-state index contributed by atoms with van der Waals surface area (Å²) in [5, 5.41) is 6.43. The Morgan fingerprint density at radius 1 is 0.371 bits per heavy atom. The van der Waals surface area contributed by atoms with E-state index in [1.165, 1.54) is 133 Å². The fourth-order valence-electron chi connectivity index (χ4n) is 15.8. The Morgan fingerprint density at radius 2 is 0.714 bits per heavy atom. The number of aromatic nitrogens is 4. The maximum Gasteiger partial charge on any atom is 0.212 e. The normalized spacial score (nSPS) is 13.6. The summed E-state index contributed by atoms with van der Waals surface area (Å²) >= 11 is 0. The van der Waals surface area contributed by atoms with Crippen LogP contribution in [0.25, 0.3) is 45.0 Å². The Hall–Kier alpha value is -5.65. The smallest absolute Gasteiger partial charge is 0.201 e. The largest absolute Gasteiger partial charge is 0.212 e. The van der Waals surface area contributed by atoms with E-state index in [0.717, 1.165) is 31.6 Å². The number of aryl methyl sites for hydroxylation is 9. The topological polar surface area (TPSA) is 15.5 Å². The molecule has 9 rings (SSSR count). The van der Waals surface area contributed by atoms with Crippen LogP contribution in [-0.2, 0) is 65.7 Å². The first-order chi connectivity index (χ1) is 47.9. The van der Waals surface area contributed by atoms with Crippen molar-refractivity contribution in [2.45, 2.75) is 293 Å². The van der Waals surface area contributed by atoms with Crippen molar-refractivity contribution >= 4 is 53.0 Å². The van der Waals surface area contributed by atoms with Crippen molar-refractivity contribution in [3.63, 3.8) is 0 Å². The van der Waals surface area contributed by atoms with E-state index in [0.29, 0.717) is 22.7 Å². The second-order valence-corrected chi connectivity index (χ2v) is 62.1. The summed E-state index contributed by atoms with van der Waals surface area (Å²) in [5.74, 6) is 2.16. The molecule has 0 aliphatic heterocycles. The van der Waals surface area contributed by atoms with Crippen LogP contribution in [0.5, 0.6) is 0 Å². The first-order valence-corrected chi connectivity index (χ1v) is 54.4. The highest BCUT2D eigenvalue weighted by Crippen LogP contribution is 2.35. The van der Waals surface area contributed by atoms with E-state index < -0.39 is 32.3 Å². The predicted molar refractivity (Wildman–Crippen MR) is 474 cm³/mol. The van der Waals surface area contributed by atoms with E-state index in [1.807, 2.05) is 0 Å². The van der Waals surface area contributed by atoms with Gasteiger partial charge in [0.2, 0.25) is 22.8 Å². The summed E-state index contributed by atoms with van der Waals surface area (Å²) in [6.07, 6.45) is 21.2. The van der Waals surface area contributed by atoms with Crippen LogP contribution in [0.1, 0.15) is 209 Å². The minimum absolute atomic E-state index is 0.185. The van der Waals surface area contributed by atoms with Crippen LogP contribution in [0, 0.1) is 62.7 Å². The average molecular weight is 1490 g/mol. The number of hydrogen-bond acceptors (Lipinski definition) is 0. The number of hydrogen-bond donors (Lipinski definition) is 0. The van der Waals surface area contributed by atoms with Gasteiger partial charge in [-0.25, -0.2) is 18.3 Å². The van der Waals surface area contributed by atoms with E-state index in [4.69, 9.17) is 0 Å². The zero-order chi connectivity index (χ0) is 79.4. The molecule has 0 radical (unpaired) electrons. The van der Waals surface area contributed by atoms with Crippen molar-refractivity contribution in [2.75, 3.05) is 0 Å². The summed E-state index contributed by atoms with van der Waals surface area (Å²) in [7, 11) is 3.30. The molecule has 4 nitrogen and oxygen atoms in total. The lowest BCUT2D eigenvalue weighted by Gasteiger charge is -2.25. The summed E-state index contributed by atoms with van der Waals surface area (Å²) in [6, 6.07) is 37.7. The first kappa shape index (κ1) is 88.3. The molecule has 0 unspecified atom stereocenters. The minimum Gasteiger partial charge on any atom is -0.201 e. The zero-order valence-electron chi connectivity index (χ0n) is 74.4. The van der Waals surface area contributed by atoms with Gasteiger partial charge in [-0.05, 0) is 192 Å². The molecule has 4 aromatic heterocycles. The quantitative estimate of drug-likeness (QED) is 0.0677. The number of benzene rings is 4. The van der Waals surface area contributed by atoms with Gasteiger partial charge in [-0.15, -0.1) is 0 Å². The van der Waals surface area contributed by atoms with Gasteiger partial charge in [0.1, 0.15) is 28.2 Å². The van der Waals surface area contributed by atoms with E-state index in [2.05, 4.69) is 392 Å². The third-order valence-corrected chi connectivity index (χ3v) is 29.5. The highest BCUT2D eigenvalue weighted by molar-refractivity contribution is 6.90. The van der Waals surface area contributed by atoms with Crippen molar-refractivity contribution < 1.29 is 18.3 Å². The zero-order valence-corrected chi connectivity index (χ0v) is 78.4. The van der Waals surface area contributed by atoms with E-state index in [-0.39, 0.29) is 10.8 Å². The molecule has 1 fully saturated rings. The molecule has 0 atom stereocenters. The van der Waals surface area contributed by atoms with E-state index >= 15 is 0 Å². The standard InChI is InChI=1S/2C25H40NSi.C24H38NSi.C23H34NSi/c1-18-14-20(25(5,6)7)12-13-21(18)22-15-19(16-24(2,3)4)23(17-26(22)8)27(9,10)11;1-18(2)13-20-11-12-22(19(3)14-20)23-15-21(16-25(4,5)6)24(17-26(23)7)27(8,9)10;1-17(2)19-11-12-21(18(3)13-19)22-14-20(15-24(4,5)6)23(16-25(22)7)26(8,9)10;1-17-11-12-18(2)21(13-17)22-15-20(14-19-9-7-8-10-19)23(16-24(22)3)25(4,5)6/h12-15,17H,16H2,1-11H3;11-12,14-15,17-18H,13,16H2,1-10H3;11-14,16-17H,15H2,1-10H3;11-13,15-16,19H,7-10,14H2,1-6H3/q4*+1. The predicted octanol–water partition coefficient (Wildman–Crippen LogP) is 22.6. The van der Waals surface area contributed by atoms with Gasteiger partial charge in [-0.1, -0.05) is 269 Å². The summed E-state index contributed by atoms with van der Waals surface area (Å²) in [4.78, 5) is 0. The van der Waals surface area contributed by atoms with Gasteiger partial charge in [-0.2, -0.15) is 0 Å². The van der Waals surface area contributed by atoms with Gasteiger partial charge in [0, 0.05) is 67.3 Å². The third-order valence-electron chi connectivity index (χ3n) is 21.3. The minimum atomic E-state index is -1.40. The molecule has 105 heavy (non-hydrogen) atoms. The Bertz CT molecular complexity index is 4290. The van der Waals surface area contributed by atoms with E-state index in [1.54, 1.807) is 31.9 Å². The lowest BCUT2D eigenvalue weighted by atomic mass is 9.84. The van der Waals surface area contributed by atoms with Crippen LogP contribution in [0.15, 0.2) is 122 Å². The third kappa shape index (κ3) is 25.2. The molecule has 4 aromatic carbocycles. The Labute approximate surface area is 649 Å². The number of rotatable bonds is 16. The van der Waals surface area contributed by atoms with Gasteiger partial charge in [0.15, 0.2) is 24.8 Å². The van der Waals surface area contributed by atoms with Gasteiger partial charge >= 0.3 is 0 Å². The van der Waals surface area contributed by atoms with Crippen LogP contribution in [0.4, 0.5) is 0 Å². The van der Waals surface area contributed by atoms with Crippen molar-refractivity contribution in [1.29, 1.82) is 0 Å². The van der Waals surface area contributed by atoms with E-state index in [9.17, 15) is 0 Å². The highest BCUT2D eigenvalue weighted by Gasteiger charge is 2.34. The fourth-order valence-corrected chi connectivity index (χ4v) is 22.6. The van der Waals surface area contributed by atoms with Crippen molar-refractivity contribution in [3.05, 3.63) is 189 Å². The van der Waals surface area contributed by atoms with Crippen LogP contribution in [0.3, 0.4) is 0 Å². The molecule has 0 spiro atoms. The van der Waals surface area contributed by atoms with Gasteiger partial charge in [0.25, 0.3) is 0 Å². The number of nitrogens with zero attached hydrogens (tertiary/aromatic N) is 4. The molecule has 0 bridgehead atoms. The van der Waals surface area contributed by atoms with Crippen molar-refractivity contribution in [1.82, 2.24) is 0 Å². The Kier molecular flexibility index (Phi) is 29.0. The molecule has 572 valence electrons. The molecule has 0 saturated heterocycles. The van der Waals surface area contributed by atoms with Crippen molar-refractivity contribution in [2.24, 2.45) is 56.3 Å². The first-order valence-electron chi connectivity index (χ1n) is 40.4. The Balaban J connectivity index is 0.000000220. The van der Waals surface area contributed by atoms with Gasteiger partial charge in [0.05, 0.1) is 32.3 Å². The van der Waals surface area contributed by atoms with Gasteiger partial charge in [-0.3, -0.25) is 0 Å². The second-order valence-electron chi connectivity index (χ2n) is 42.0. The lowest BCUT2D eigenvalue weighted by molar-refractivity contribution is -0.659. The molecular weight excluding hydrogens is 1330 g/mol. The van der Waals surface area contributed by atoms with Crippen molar-refractivity contribution in [3.8, 4) is 45.0 Å². The molecular formula is C97H152N4Si4+4. The summed E-state index contributed by atoms with van der Waals surface area (Å²) in [6.45, 7) is 77.8. The molecule has 1 saturated carbocycles. The summed E-state index contributed by atoms with van der Waals surface area (Å²) < 4.78 is 9.41. The van der Waals surface area contributed by atoms with Gasteiger partial charge < -0.3 is 0 Å². The fraction of sp³-hybridized carbons (Fsp3) is 0.546. The molecule has 8 heteroatoms. The average Bonchev–Trinajstić information content (AvgIpc) is 1.09. The lowest BCUT2D eigenvalue weighted by Crippen LogP contribution is -2.47.